The smallest absolute Gasteiger partial charge is 0.140 e. The summed E-state index contributed by atoms with van der Waals surface area (Å²) in [4.78, 5) is 4.92. The molecule has 35 heavy (non-hydrogen) atoms. The average molecular weight is 460 g/mol. The summed E-state index contributed by atoms with van der Waals surface area (Å²) in [5.41, 5.74) is 5.14. The molecule has 0 saturated heterocycles. The molecule has 176 valence electrons. The molecule has 5 aromatic rings. The van der Waals surface area contributed by atoms with Gasteiger partial charge < -0.3 is 4.74 Å². The molecular weight excluding hydrogens is 426 g/mol. The zero-order valence-electron chi connectivity index (χ0n) is 21.6. The van der Waals surface area contributed by atoms with Crippen LogP contribution in [0.4, 0.5) is 0 Å². The number of ether oxygens (including phenoxy) is 1. The third kappa shape index (κ3) is 3.86. The number of benzene rings is 4. The molecule has 2 nitrogen and oxygen atoms in total. The minimum Gasteiger partial charge on any atom is -0.456 e. The van der Waals surface area contributed by atoms with E-state index in [1.165, 1.54) is 38.1 Å². The first-order valence-electron chi connectivity index (χ1n) is 12.6. The third-order valence-electron chi connectivity index (χ3n) is 6.90. The Morgan fingerprint density at radius 1 is 0.714 bits per heavy atom. The van der Waals surface area contributed by atoms with E-state index in [0.29, 0.717) is 0 Å². The summed E-state index contributed by atoms with van der Waals surface area (Å²) in [7, 11) is 0. The normalized spacial score (nSPS) is 13.3. The summed E-state index contributed by atoms with van der Waals surface area (Å²) >= 11 is 0. The molecule has 6 rings (SSSR count). The van der Waals surface area contributed by atoms with Crippen LogP contribution in [0.25, 0.3) is 43.6 Å². The minimum atomic E-state index is 0.131. The van der Waals surface area contributed by atoms with Crippen LogP contribution in [0.5, 0.6) is 11.5 Å². The van der Waals surface area contributed by atoms with Crippen molar-refractivity contribution in [1.82, 2.24) is 4.98 Å². The van der Waals surface area contributed by atoms with Crippen molar-refractivity contribution in [2.45, 2.75) is 54.4 Å². The summed E-state index contributed by atoms with van der Waals surface area (Å²) < 4.78 is 6.84. The largest absolute Gasteiger partial charge is 0.456 e. The van der Waals surface area contributed by atoms with Crippen LogP contribution in [0.1, 0.15) is 52.7 Å². The van der Waals surface area contributed by atoms with Gasteiger partial charge in [-0.2, -0.15) is 0 Å². The number of fused-ring (bicyclic) bond motifs is 5. The Bertz CT molecular complexity index is 1630. The van der Waals surface area contributed by atoms with Gasteiger partial charge in [0.25, 0.3) is 0 Å². The Labute approximate surface area is 208 Å². The highest BCUT2D eigenvalue weighted by Gasteiger charge is 2.28. The van der Waals surface area contributed by atoms with Gasteiger partial charge in [0.2, 0.25) is 0 Å². The lowest BCUT2D eigenvalue weighted by Crippen LogP contribution is -2.12. The maximum Gasteiger partial charge on any atom is 0.140 e. The van der Waals surface area contributed by atoms with Crippen molar-refractivity contribution in [3.8, 4) is 22.8 Å². The van der Waals surface area contributed by atoms with Crippen molar-refractivity contribution in [1.29, 1.82) is 0 Å². The third-order valence-corrected chi connectivity index (χ3v) is 6.90. The van der Waals surface area contributed by atoms with Crippen LogP contribution in [0.3, 0.4) is 0 Å². The zero-order valence-corrected chi connectivity index (χ0v) is 21.6. The molecule has 0 aliphatic carbocycles. The first-order chi connectivity index (χ1) is 16.6. The second-order valence-corrected chi connectivity index (χ2v) is 12.5. The topological polar surface area (TPSA) is 22.1 Å². The van der Waals surface area contributed by atoms with E-state index in [1.54, 1.807) is 0 Å². The lowest BCUT2D eigenvalue weighted by molar-refractivity contribution is 0.400. The Morgan fingerprint density at radius 3 is 2.26 bits per heavy atom. The molecule has 2 heteroatoms. The fraction of sp³-hybridized carbons (Fsp3) is 0.303. The molecule has 1 aromatic heterocycles. The van der Waals surface area contributed by atoms with Crippen LogP contribution in [0.15, 0.2) is 66.9 Å². The molecule has 0 spiro atoms. The van der Waals surface area contributed by atoms with Crippen molar-refractivity contribution in [3.05, 3.63) is 78.0 Å². The summed E-state index contributed by atoms with van der Waals surface area (Å²) in [6, 6.07) is 22.2. The van der Waals surface area contributed by atoms with E-state index in [2.05, 4.69) is 102 Å². The number of rotatable bonds is 2. The van der Waals surface area contributed by atoms with Gasteiger partial charge in [0, 0.05) is 17.3 Å². The van der Waals surface area contributed by atoms with Crippen LogP contribution in [-0.4, -0.2) is 4.98 Å². The van der Waals surface area contributed by atoms with Gasteiger partial charge in [-0.3, -0.25) is 4.98 Å². The predicted octanol–water partition coefficient (Wildman–Crippen LogP) is 9.49. The van der Waals surface area contributed by atoms with Crippen LogP contribution in [0, 0.1) is 10.8 Å². The molecular formula is C33H33NO. The lowest BCUT2D eigenvalue weighted by atomic mass is 9.83. The van der Waals surface area contributed by atoms with Crippen molar-refractivity contribution < 1.29 is 4.74 Å². The summed E-state index contributed by atoms with van der Waals surface area (Å²) in [6.07, 6.45) is 3.94. The van der Waals surface area contributed by atoms with Crippen LogP contribution in [-0.2, 0) is 12.8 Å². The predicted molar refractivity (Wildman–Crippen MR) is 149 cm³/mol. The highest BCUT2D eigenvalue weighted by Crippen LogP contribution is 2.51. The van der Waals surface area contributed by atoms with E-state index in [4.69, 9.17) is 9.72 Å². The molecule has 0 bridgehead atoms. The molecule has 0 N–H and O–H groups in total. The van der Waals surface area contributed by atoms with Gasteiger partial charge in [0.05, 0.1) is 11.1 Å². The maximum absolute atomic E-state index is 6.84. The minimum absolute atomic E-state index is 0.131. The van der Waals surface area contributed by atoms with Gasteiger partial charge in [0.1, 0.15) is 11.5 Å². The average Bonchev–Trinajstić information content (AvgIpc) is 2.77. The van der Waals surface area contributed by atoms with E-state index in [0.717, 1.165) is 41.0 Å². The SMILES string of the molecule is CC(C)(C)Cc1ccc2c(c1)cc1c3c(nccc32)-c2cc3ccccc3c(CC(C)(C)C)c2O1. The Kier molecular flexibility index (Phi) is 4.77. The molecule has 1 aliphatic heterocycles. The maximum atomic E-state index is 6.84. The van der Waals surface area contributed by atoms with Gasteiger partial charge in [-0.25, -0.2) is 0 Å². The van der Waals surface area contributed by atoms with Crippen molar-refractivity contribution in [3.63, 3.8) is 0 Å². The zero-order chi connectivity index (χ0) is 24.5. The molecule has 2 heterocycles. The number of aromatic nitrogens is 1. The van der Waals surface area contributed by atoms with E-state index in [1.807, 2.05) is 6.20 Å². The van der Waals surface area contributed by atoms with Gasteiger partial charge in [-0.1, -0.05) is 84.0 Å². The van der Waals surface area contributed by atoms with Crippen molar-refractivity contribution in [2.75, 3.05) is 0 Å². The molecule has 0 amide bonds. The number of hydrogen-bond acceptors (Lipinski definition) is 2. The highest BCUT2D eigenvalue weighted by molar-refractivity contribution is 6.16. The number of hydrogen-bond donors (Lipinski definition) is 0. The van der Waals surface area contributed by atoms with Crippen LogP contribution in [0.2, 0.25) is 0 Å². The quantitative estimate of drug-likeness (QED) is 0.241. The van der Waals surface area contributed by atoms with E-state index in [-0.39, 0.29) is 10.8 Å². The lowest BCUT2D eigenvalue weighted by Gasteiger charge is -2.28. The Morgan fingerprint density at radius 2 is 1.49 bits per heavy atom. The molecule has 0 unspecified atom stereocenters. The van der Waals surface area contributed by atoms with Gasteiger partial charge in [-0.15, -0.1) is 0 Å². The molecule has 0 fully saturated rings. The first kappa shape index (κ1) is 22.1. The number of pyridine rings is 1. The summed E-state index contributed by atoms with van der Waals surface area (Å²) in [5.74, 6) is 1.89. The molecule has 1 aliphatic rings. The van der Waals surface area contributed by atoms with E-state index in [9.17, 15) is 0 Å². The molecule has 0 saturated carbocycles. The van der Waals surface area contributed by atoms with Crippen LogP contribution < -0.4 is 4.74 Å². The Hall–Kier alpha value is -3.39. The Balaban J connectivity index is 1.65. The van der Waals surface area contributed by atoms with Crippen molar-refractivity contribution in [2.24, 2.45) is 10.8 Å². The van der Waals surface area contributed by atoms with E-state index >= 15 is 0 Å². The molecule has 4 aromatic carbocycles. The summed E-state index contributed by atoms with van der Waals surface area (Å²) in [6.45, 7) is 13.8. The fourth-order valence-corrected chi connectivity index (χ4v) is 5.64. The summed E-state index contributed by atoms with van der Waals surface area (Å²) in [5, 5.41) is 7.32. The van der Waals surface area contributed by atoms with Crippen LogP contribution >= 0.6 is 0 Å². The standard InChI is InChI=1S/C33H33NO/c1-32(2,3)18-20-11-12-24-22(15-20)17-28-29-25(24)13-14-34-30(29)26-16-21-9-7-8-10-23(21)27(31(26)35-28)19-33(4,5)6/h7-17H,18-19H2,1-6H3. The van der Waals surface area contributed by atoms with Gasteiger partial charge >= 0.3 is 0 Å². The van der Waals surface area contributed by atoms with Crippen molar-refractivity contribution >= 4 is 32.3 Å². The number of nitrogens with zero attached hydrogens (tertiary/aromatic N) is 1. The monoisotopic (exact) mass is 459 g/mol. The van der Waals surface area contributed by atoms with Gasteiger partial charge in [0.15, 0.2) is 0 Å². The van der Waals surface area contributed by atoms with Gasteiger partial charge in [-0.05, 0) is 74.4 Å². The second-order valence-electron chi connectivity index (χ2n) is 12.5. The first-order valence-corrected chi connectivity index (χ1v) is 12.6. The highest BCUT2D eigenvalue weighted by atomic mass is 16.5. The van der Waals surface area contributed by atoms with E-state index < -0.39 is 0 Å². The second kappa shape index (κ2) is 7.55. The molecule has 0 radical (unpaired) electrons. The molecule has 0 atom stereocenters. The fourth-order valence-electron chi connectivity index (χ4n) is 5.64.